The number of nitrogens with one attached hydrogen (secondary N) is 1. The van der Waals surface area contributed by atoms with E-state index >= 15 is 0 Å². The van der Waals surface area contributed by atoms with Gasteiger partial charge in [-0.2, -0.15) is 0 Å². The molecule has 0 aromatic heterocycles. The first-order chi connectivity index (χ1) is 13.3. The second kappa shape index (κ2) is 8.74. The van der Waals surface area contributed by atoms with Crippen LogP contribution < -0.4 is 4.72 Å². The molecule has 28 heavy (non-hydrogen) atoms. The summed E-state index contributed by atoms with van der Waals surface area (Å²) in [5.74, 6) is 0. The monoisotopic (exact) mass is 402 g/mol. The largest absolute Gasteiger partial charge is 0.379 e. The molecule has 1 N–H and O–H groups in total. The molecule has 0 saturated carbocycles. The Morgan fingerprint density at radius 2 is 1.57 bits per heavy atom. The molecule has 0 spiro atoms. The van der Waals surface area contributed by atoms with Crippen molar-refractivity contribution in [1.29, 1.82) is 0 Å². The third kappa shape index (κ3) is 4.63. The fourth-order valence-corrected chi connectivity index (χ4v) is 5.60. The molecule has 0 aliphatic carbocycles. The maximum atomic E-state index is 13.4. The minimum atomic E-state index is -3.67. The molecule has 2 aromatic rings. The number of aryl methyl sites for hydroxylation is 2. The van der Waals surface area contributed by atoms with E-state index in [0.717, 1.165) is 40.9 Å². The third-order valence-corrected chi connectivity index (χ3v) is 7.35. The van der Waals surface area contributed by atoms with Crippen molar-refractivity contribution >= 4 is 10.0 Å². The SMILES string of the molecule is Cc1cc(C)c(C)c(S(=O)(=O)NC(CN2CCOCC2)c2ccccc2)c1C. The highest BCUT2D eigenvalue weighted by molar-refractivity contribution is 7.89. The Labute approximate surface area is 168 Å². The Bertz CT molecular complexity index is 894. The molecule has 1 aliphatic rings. The van der Waals surface area contributed by atoms with Gasteiger partial charge in [-0.3, -0.25) is 4.90 Å². The van der Waals surface area contributed by atoms with Crippen molar-refractivity contribution in [2.45, 2.75) is 38.6 Å². The zero-order valence-electron chi connectivity index (χ0n) is 17.2. The summed E-state index contributed by atoms with van der Waals surface area (Å²) in [7, 11) is -3.67. The number of nitrogens with zero attached hydrogens (tertiary/aromatic N) is 1. The van der Waals surface area contributed by atoms with E-state index in [9.17, 15) is 8.42 Å². The summed E-state index contributed by atoms with van der Waals surface area (Å²) >= 11 is 0. The van der Waals surface area contributed by atoms with Crippen LogP contribution in [0.2, 0.25) is 0 Å². The molecule has 3 rings (SSSR count). The third-order valence-electron chi connectivity index (χ3n) is 5.61. The van der Waals surface area contributed by atoms with Crippen molar-refractivity contribution in [3.8, 4) is 0 Å². The number of sulfonamides is 1. The number of benzene rings is 2. The molecular weight excluding hydrogens is 372 g/mol. The van der Waals surface area contributed by atoms with Gasteiger partial charge in [0.25, 0.3) is 0 Å². The normalized spacial score (nSPS) is 16.9. The minimum Gasteiger partial charge on any atom is -0.379 e. The maximum absolute atomic E-state index is 13.4. The fourth-order valence-electron chi connectivity index (χ4n) is 3.77. The van der Waals surface area contributed by atoms with Crippen LogP contribution in [0.3, 0.4) is 0 Å². The molecule has 1 aliphatic heterocycles. The highest BCUT2D eigenvalue weighted by Crippen LogP contribution is 2.28. The van der Waals surface area contributed by atoms with Gasteiger partial charge in [-0.15, -0.1) is 0 Å². The van der Waals surface area contributed by atoms with Crippen LogP contribution in [0, 0.1) is 27.7 Å². The number of morpholine rings is 1. The zero-order chi connectivity index (χ0) is 20.3. The summed E-state index contributed by atoms with van der Waals surface area (Å²) in [6.45, 7) is 11.3. The van der Waals surface area contributed by atoms with Crippen molar-refractivity contribution in [2.24, 2.45) is 0 Å². The van der Waals surface area contributed by atoms with Gasteiger partial charge in [-0.05, 0) is 55.5 Å². The molecule has 1 fully saturated rings. The van der Waals surface area contributed by atoms with Gasteiger partial charge in [-0.25, -0.2) is 13.1 Å². The van der Waals surface area contributed by atoms with Gasteiger partial charge >= 0.3 is 0 Å². The lowest BCUT2D eigenvalue weighted by atomic mass is 10.0. The summed E-state index contributed by atoms with van der Waals surface area (Å²) in [6.07, 6.45) is 0. The first kappa shape index (κ1) is 21.0. The van der Waals surface area contributed by atoms with Crippen LogP contribution in [-0.4, -0.2) is 46.2 Å². The molecule has 0 radical (unpaired) electrons. The van der Waals surface area contributed by atoms with E-state index in [0.29, 0.717) is 24.7 Å². The van der Waals surface area contributed by atoms with Crippen LogP contribution in [0.25, 0.3) is 0 Å². The van der Waals surface area contributed by atoms with Gasteiger partial charge < -0.3 is 4.74 Å². The van der Waals surface area contributed by atoms with Crippen molar-refractivity contribution in [2.75, 3.05) is 32.8 Å². The predicted molar refractivity (Wildman–Crippen MR) is 112 cm³/mol. The van der Waals surface area contributed by atoms with E-state index in [1.54, 1.807) is 0 Å². The lowest BCUT2D eigenvalue weighted by Crippen LogP contribution is -2.43. The molecular formula is C22H30N2O3S. The van der Waals surface area contributed by atoms with Crippen molar-refractivity contribution in [3.05, 3.63) is 64.2 Å². The Hall–Kier alpha value is -1.73. The molecule has 1 heterocycles. The van der Waals surface area contributed by atoms with Crippen LogP contribution in [0.1, 0.15) is 33.9 Å². The topological polar surface area (TPSA) is 58.6 Å². The summed E-state index contributed by atoms with van der Waals surface area (Å²) in [5.41, 5.74) is 4.58. The lowest BCUT2D eigenvalue weighted by Gasteiger charge is -2.31. The zero-order valence-corrected chi connectivity index (χ0v) is 18.0. The first-order valence-electron chi connectivity index (χ1n) is 9.74. The maximum Gasteiger partial charge on any atom is 0.241 e. The van der Waals surface area contributed by atoms with E-state index in [2.05, 4.69) is 9.62 Å². The summed E-state index contributed by atoms with van der Waals surface area (Å²) in [4.78, 5) is 2.66. The van der Waals surface area contributed by atoms with Crippen LogP contribution >= 0.6 is 0 Å². The first-order valence-corrected chi connectivity index (χ1v) is 11.2. The Morgan fingerprint density at radius 3 is 2.14 bits per heavy atom. The average Bonchev–Trinajstić information content (AvgIpc) is 2.67. The van der Waals surface area contributed by atoms with Gasteiger partial charge in [0.15, 0.2) is 0 Å². The Kier molecular flexibility index (Phi) is 6.55. The van der Waals surface area contributed by atoms with Gasteiger partial charge in [-0.1, -0.05) is 36.4 Å². The second-order valence-electron chi connectivity index (χ2n) is 7.59. The van der Waals surface area contributed by atoms with E-state index < -0.39 is 10.0 Å². The predicted octanol–water partition coefficient (Wildman–Crippen LogP) is 3.27. The van der Waals surface area contributed by atoms with Crippen LogP contribution in [0.15, 0.2) is 41.3 Å². The molecule has 5 nitrogen and oxygen atoms in total. The van der Waals surface area contributed by atoms with Gasteiger partial charge in [0, 0.05) is 19.6 Å². The van der Waals surface area contributed by atoms with Crippen LogP contribution in [0.5, 0.6) is 0 Å². The molecule has 1 unspecified atom stereocenters. The van der Waals surface area contributed by atoms with E-state index in [4.69, 9.17) is 4.74 Å². The van der Waals surface area contributed by atoms with E-state index in [1.807, 2.05) is 64.1 Å². The molecule has 152 valence electrons. The highest BCUT2D eigenvalue weighted by Gasteiger charge is 2.27. The number of rotatable bonds is 6. The van der Waals surface area contributed by atoms with E-state index in [-0.39, 0.29) is 6.04 Å². The van der Waals surface area contributed by atoms with Gasteiger partial charge in [0.2, 0.25) is 10.0 Å². The highest BCUT2D eigenvalue weighted by atomic mass is 32.2. The van der Waals surface area contributed by atoms with Crippen molar-refractivity contribution in [1.82, 2.24) is 9.62 Å². The van der Waals surface area contributed by atoms with Crippen LogP contribution in [0.4, 0.5) is 0 Å². The molecule has 2 aromatic carbocycles. The van der Waals surface area contributed by atoms with E-state index in [1.165, 1.54) is 0 Å². The fraction of sp³-hybridized carbons (Fsp3) is 0.455. The van der Waals surface area contributed by atoms with Crippen molar-refractivity contribution in [3.63, 3.8) is 0 Å². The standard InChI is InChI=1S/C22H30N2O3S/c1-16-14-17(2)19(4)22(18(16)3)28(25,26)23-21(20-8-6-5-7-9-20)15-24-10-12-27-13-11-24/h5-9,14,21,23H,10-13,15H2,1-4H3. The molecule has 0 amide bonds. The summed E-state index contributed by atoms with van der Waals surface area (Å²) < 4.78 is 35.3. The molecule has 0 bridgehead atoms. The Morgan fingerprint density at radius 1 is 1.00 bits per heavy atom. The summed E-state index contributed by atoms with van der Waals surface area (Å²) in [5, 5.41) is 0. The number of ether oxygens (including phenoxy) is 1. The summed E-state index contributed by atoms with van der Waals surface area (Å²) in [6, 6.07) is 11.5. The lowest BCUT2D eigenvalue weighted by molar-refractivity contribution is 0.0345. The molecule has 6 heteroatoms. The second-order valence-corrected chi connectivity index (χ2v) is 9.24. The van der Waals surface area contributed by atoms with Crippen molar-refractivity contribution < 1.29 is 13.2 Å². The minimum absolute atomic E-state index is 0.316. The van der Waals surface area contributed by atoms with Crippen LogP contribution in [-0.2, 0) is 14.8 Å². The van der Waals surface area contributed by atoms with Gasteiger partial charge in [0.05, 0.1) is 24.2 Å². The number of hydrogen-bond acceptors (Lipinski definition) is 4. The average molecular weight is 403 g/mol. The van der Waals surface area contributed by atoms with Gasteiger partial charge in [0.1, 0.15) is 0 Å². The molecule has 1 atom stereocenters. The smallest absolute Gasteiger partial charge is 0.241 e. The molecule has 1 saturated heterocycles. The number of hydrogen-bond donors (Lipinski definition) is 1. The Balaban J connectivity index is 1.96. The quantitative estimate of drug-likeness (QED) is 0.806.